The van der Waals surface area contributed by atoms with Gasteiger partial charge >= 0.3 is 0 Å². The van der Waals surface area contributed by atoms with E-state index in [0.717, 1.165) is 29.6 Å². The fourth-order valence-electron chi connectivity index (χ4n) is 16.5. The molecule has 7 aliphatic rings. The molecule has 0 spiro atoms. The smallest absolute Gasteiger partial charge is 0.0588 e. The highest BCUT2D eigenvalue weighted by atomic mass is 15.1. The van der Waals surface area contributed by atoms with Crippen molar-refractivity contribution in [3.63, 3.8) is 0 Å². The van der Waals surface area contributed by atoms with E-state index in [0.29, 0.717) is 11.3 Å². The second-order valence-corrected chi connectivity index (χ2v) is 23.5. The van der Waals surface area contributed by atoms with Crippen molar-refractivity contribution in [3.05, 3.63) is 204 Å². The summed E-state index contributed by atoms with van der Waals surface area (Å²) in [5.74, 6) is 5.26. The molecule has 0 N–H and O–H groups in total. The number of fused-ring (bicyclic) bond motifs is 9. The van der Waals surface area contributed by atoms with Crippen molar-refractivity contribution in [3.8, 4) is 39.1 Å². The maximum atomic E-state index is 2.60. The number of hydrogen-bond acceptors (Lipinski definition) is 1. The van der Waals surface area contributed by atoms with Gasteiger partial charge in [-0.25, -0.2) is 0 Å². The second-order valence-electron chi connectivity index (χ2n) is 23.5. The van der Waals surface area contributed by atoms with Gasteiger partial charge in [-0.1, -0.05) is 142 Å². The van der Waals surface area contributed by atoms with Crippen LogP contribution in [0.3, 0.4) is 0 Å². The molecule has 0 radical (unpaired) electrons. The number of para-hydroxylation sites is 1. The lowest BCUT2D eigenvalue weighted by molar-refractivity contribution is -0.00518. The molecule has 7 aliphatic carbocycles. The predicted molar refractivity (Wildman–Crippen MR) is 292 cm³/mol. The Hall–Kier alpha value is -6.64. The number of anilines is 3. The van der Waals surface area contributed by atoms with Gasteiger partial charge in [-0.05, 0) is 215 Å². The fourth-order valence-corrected chi connectivity index (χ4v) is 16.5. The summed E-state index contributed by atoms with van der Waals surface area (Å²) >= 11 is 0. The van der Waals surface area contributed by atoms with E-state index in [4.69, 9.17) is 0 Å². The summed E-state index contributed by atoms with van der Waals surface area (Å²) in [6.07, 6.45) is 14.2. The number of aromatic nitrogens is 1. The Balaban J connectivity index is 0.929. The van der Waals surface area contributed by atoms with Crippen molar-refractivity contribution >= 4 is 38.9 Å². The van der Waals surface area contributed by atoms with Gasteiger partial charge in [0.15, 0.2) is 0 Å². The van der Waals surface area contributed by atoms with Crippen LogP contribution in [0.25, 0.3) is 60.9 Å². The Kier molecular flexibility index (Phi) is 9.07. The number of hydrogen-bond donors (Lipinski definition) is 0. The van der Waals surface area contributed by atoms with Crippen LogP contribution in [-0.2, 0) is 10.8 Å². The monoisotopic (exact) mass is 906 g/mol. The molecule has 2 heteroatoms. The molecule has 1 heterocycles. The maximum absolute atomic E-state index is 2.60. The van der Waals surface area contributed by atoms with Gasteiger partial charge in [0.2, 0.25) is 0 Å². The fraction of sp³-hybridized carbons (Fsp3) is 0.294. The van der Waals surface area contributed by atoms with Crippen molar-refractivity contribution in [2.24, 2.45) is 29.6 Å². The van der Waals surface area contributed by atoms with Crippen LogP contribution in [-0.4, -0.2) is 4.57 Å². The van der Waals surface area contributed by atoms with Gasteiger partial charge in [-0.15, -0.1) is 0 Å². The lowest BCUT2D eigenvalue weighted by Gasteiger charge is -2.57. The minimum Gasteiger partial charge on any atom is -0.310 e. The first-order valence-electron chi connectivity index (χ1n) is 26.8. The summed E-state index contributed by atoms with van der Waals surface area (Å²) < 4.78 is 2.56. The van der Waals surface area contributed by atoms with Crippen LogP contribution in [0.4, 0.5) is 17.1 Å². The van der Waals surface area contributed by atoms with E-state index in [9.17, 15) is 0 Å². The maximum Gasteiger partial charge on any atom is 0.0588 e. The summed E-state index contributed by atoms with van der Waals surface area (Å²) in [5.41, 5.74) is 21.1. The standard InChI is InChI=1S/C68H62N2/c1-67(2)62-39-56(69(54-25-20-49(21-26-54)59-36-43-18-19-51(59)35-43)55-27-23-52(24-28-55)68-40-44-32-45(41-68)34-46(33-44)42-68)38-60(48-14-8-4-9-15-48)64(62)58-30-29-57-61-37-50(47-12-6-3-7-13-47)22-31-63(61)70(66(57)65(58)67)53-16-10-5-11-17-53/h3-17,20-31,37-39,43-46,51,59H,18-19,32-36,40-42H2,1-2H3. The number of rotatable bonds is 8. The molecule has 1 aromatic heterocycles. The summed E-state index contributed by atoms with van der Waals surface area (Å²) in [7, 11) is 0. The molecular weight excluding hydrogens is 845 g/mol. The largest absolute Gasteiger partial charge is 0.310 e. The normalized spacial score (nSPS) is 25.5. The summed E-state index contributed by atoms with van der Waals surface area (Å²) in [6.45, 7) is 4.99. The van der Waals surface area contributed by atoms with E-state index >= 15 is 0 Å². The summed E-state index contributed by atoms with van der Waals surface area (Å²) in [4.78, 5) is 2.60. The zero-order valence-electron chi connectivity index (χ0n) is 40.8. The molecule has 6 saturated carbocycles. The Morgan fingerprint density at radius 3 is 1.77 bits per heavy atom. The van der Waals surface area contributed by atoms with Crippen molar-refractivity contribution in [1.82, 2.24) is 4.57 Å². The molecule has 0 amide bonds. The first kappa shape index (κ1) is 41.2. The van der Waals surface area contributed by atoms with Crippen molar-refractivity contribution in [2.75, 3.05) is 4.90 Å². The lowest BCUT2D eigenvalue weighted by Crippen LogP contribution is -2.48. The summed E-state index contributed by atoms with van der Waals surface area (Å²) in [6, 6.07) is 70.2. The number of nitrogens with zero attached hydrogens (tertiary/aromatic N) is 2. The highest BCUT2D eigenvalue weighted by Gasteiger charge is 2.51. The van der Waals surface area contributed by atoms with Gasteiger partial charge < -0.3 is 9.47 Å². The third kappa shape index (κ3) is 6.23. The van der Waals surface area contributed by atoms with Crippen molar-refractivity contribution in [1.29, 1.82) is 0 Å². The topological polar surface area (TPSA) is 8.17 Å². The first-order valence-corrected chi connectivity index (χ1v) is 26.8. The molecule has 3 atom stereocenters. The molecular formula is C68H62N2. The van der Waals surface area contributed by atoms with Crippen LogP contribution in [0.5, 0.6) is 0 Å². The molecule has 344 valence electrons. The van der Waals surface area contributed by atoms with E-state index < -0.39 is 0 Å². The molecule has 3 unspecified atom stereocenters. The van der Waals surface area contributed by atoms with Crippen LogP contribution >= 0.6 is 0 Å². The quantitative estimate of drug-likeness (QED) is 0.147. The molecule has 9 aromatic rings. The van der Waals surface area contributed by atoms with E-state index in [1.807, 2.05) is 0 Å². The molecule has 6 bridgehead atoms. The average Bonchev–Trinajstić information content (AvgIpc) is 4.17. The van der Waals surface area contributed by atoms with Gasteiger partial charge in [-0.3, -0.25) is 0 Å². The molecule has 16 rings (SSSR count). The van der Waals surface area contributed by atoms with E-state index in [-0.39, 0.29) is 5.41 Å². The van der Waals surface area contributed by atoms with Gasteiger partial charge in [0.25, 0.3) is 0 Å². The van der Waals surface area contributed by atoms with Crippen LogP contribution in [0.15, 0.2) is 182 Å². The van der Waals surface area contributed by atoms with E-state index in [1.165, 1.54) is 159 Å². The van der Waals surface area contributed by atoms with E-state index in [1.54, 1.807) is 5.56 Å². The van der Waals surface area contributed by atoms with Crippen LogP contribution in [0, 0.1) is 29.6 Å². The van der Waals surface area contributed by atoms with Crippen molar-refractivity contribution in [2.45, 2.75) is 94.8 Å². The second kappa shape index (κ2) is 15.4. The predicted octanol–water partition coefficient (Wildman–Crippen LogP) is 18.3. The van der Waals surface area contributed by atoms with Gasteiger partial charge in [0.1, 0.15) is 0 Å². The highest BCUT2D eigenvalue weighted by molar-refractivity contribution is 6.15. The van der Waals surface area contributed by atoms with Gasteiger partial charge in [0, 0.05) is 38.9 Å². The number of benzene rings is 8. The third-order valence-corrected chi connectivity index (χ3v) is 19.2. The summed E-state index contributed by atoms with van der Waals surface area (Å²) in [5, 5.41) is 2.59. The highest BCUT2D eigenvalue weighted by Crippen LogP contribution is 2.62. The third-order valence-electron chi connectivity index (χ3n) is 19.2. The SMILES string of the molecule is CC1(C)c2cc(N(c3ccc(C4CC5CCC4C5)cc3)c3ccc(C45CC6CC(CC(C6)C4)C5)cc3)cc(-c3ccccc3)c2-c2ccc3c4cc(-c5ccccc5)ccc4n(-c4ccccc4)c3c21. The minimum atomic E-state index is -0.327. The van der Waals surface area contributed by atoms with Crippen LogP contribution in [0.1, 0.15) is 106 Å². The Labute approximate surface area is 414 Å². The molecule has 6 fully saturated rings. The Morgan fingerprint density at radius 2 is 1.13 bits per heavy atom. The Bertz CT molecular complexity index is 3450. The zero-order valence-corrected chi connectivity index (χ0v) is 40.8. The molecule has 8 aromatic carbocycles. The van der Waals surface area contributed by atoms with Gasteiger partial charge in [0.05, 0.1) is 11.0 Å². The average molecular weight is 907 g/mol. The molecule has 0 aliphatic heterocycles. The minimum absolute atomic E-state index is 0.327. The molecule has 2 nitrogen and oxygen atoms in total. The zero-order chi connectivity index (χ0) is 46.3. The first-order chi connectivity index (χ1) is 34.3. The van der Waals surface area contributed by atoms with Crippen LogP contribution < -0.4 is 4.90 Å². The lowest BCUT2D eigenvalue weighted by atomic mass is 9.48. The molecule has 0 saturated heterocycles. The van der Waals surface area contributed by atoms with Gasteiger partial charge in [-0.2, -0.15) is 0 Å². The Morgan fingerprint density at radius 1 is 0.486 bits per heavy atom. The van der Waals surface area contributed by atoms with Crippen molar-refractivity contribution < 1.29 is 0 Å². The molecule has 70 heavy (non-hydrogen) atoms. The van der Waals surface area contributed by atoms with Crippen LogP contribution in [0.2, 0.25) is 0 Å². The van der Waals surface area contributed by atoms with E-state index in [2.05, 4.69) is 205 Å².